The van der Waals surface area contributed by atoms with E-state index in [1.165, 1.54) is 18.4 Å². The molecule has 2 aromatic heterocycles. The Morgan fingerprint density at radius 1 is 0.906 bits per heavy atom. The Bertz CT molecular complexity index is 1180. The second-order valence-electron chi connectivity index (χ2n) is 8.18. The lowest BCUT2D eigenvalue weighted by Gasteiger charge is -2.27. The molecule has 0 amide bonds. The molecule has 4 aromatic rings. The zero-order chi connectivity index (χ0) is 21.8. The maximum absolute atomic E-state index is 6.38. The van der Waals surface area contributed by atoms with Crippen LogP contribution in [-0.4, -0.2) is 23.2 Å². The van der Waals surface area contributed by atoms with Crippen LogP contribution >= 0.6 is 0 Å². The standard InChI is InChI=1S/C27H27N3O2/c1-31-26-11-10-22(16-27(26)32-23-7-3-4-8-23)30(19-20-12-14-28-15-13-20)25-18-29-17-21-6-2-5-9-24(21)25/h2,5-6,9-18,23H,3-4,7-8,19H2,1H3. The molecule has 5 rings (SSSR count). The average Bonchev–Trinajstić information content (AvgIpc) is 3.36. The van der Waals surface area contributed by atoms with E-state index in [9.17, 15) is 0 Å². The fourth-order valence-corrected chi connectivity index (χ4v) is 4.41. The number of anilines is 2. The van der Waals surface area contributed by atoms with Crippen molar-refractivity contribution in [3.8, 4) is 11.5 Å². The molecule has 1 saturated carbocycles. The summed E-state index contributed by atoms with van der Waals surface area (Å²) in [7, 11) is 1.69. The normalized spacial score (nSPS) is 13.9. The molecule has 0 atom stereocenters. The van der Waals surface area contributed by atoms with Gasteiger partial charge in [0.1, 0.15) is 0 Å². The van der Waals surface area contributed by atoms with Crippen LogP contribution in [0.1, 0.15) is 31.2 Å². The third-order valence-electron chi connectivity index (χ3n) is 6.08. The van der Waals surface area contributed by atoms with Crippen molar-refractivity contribution in [2.45, 2.75) is 38.3 Å². The number of methoxy groups -OCH3 is 1. The van der Waals surface area contributed by atoms with Crippen molar-refractivity contribution < 1.29 is 9.47 Å². The second-order valence-corrected chi connectivity index (χ2v) is 8.18. The van der Waals surface area contributed by atoms with Gasteiger partial charge in [-0.1, -0.05) is 24.3 Å². The zero-order valence-electron chi connectivity index (χ0n) is 18.3. The molecule has 1 aliphatic rings. The molecule has 0 bridgehead atoms. The van der Waals surface area contributed by atoms with Crippen LogP contribution in [0.5, 0.6) is 11.5 Å². The van der Waals surface area contributed by atoms with Gasteiger partial charge >= 0.3 is 0 Å². The lowest BCUT2D eigenvalue weighted by atomic mass is 10.1. The Morgan fingerprint density at radius 3 is 2.53 bits per heavy atom. The van der Waals surface area contributed by atoms with E-state index in [1.54, 1.807) is 7.11 Å². The first-order chi connectivity index (χ1) is 15.8. The first kappa shape index (κ1) is 20.3. The van der Waals surface area contributed by atoms with Crippen LogP contribution in [0.4, 0.5) is 11.4 Å². The number of pyridine rings is 2. The molecule has 2 aromatic carbocycles. The van der Waals surface area contributed by atoms with E-state index in [0.29, 0.717) is 6.54 Å². The fraction of sp³-hybridized carbons (Fsp3) is 0.259. The number of benzene rings is 2. The average molecular weight is 426 g/mol. The van der Waals surface area contributed by atoms with E-state index in [0.717, 1.165) is 46.5 Å². The maximum Gasteiger partial charge on any atom is 0.163 e. The number of aromatic nitrogens is 2. The van der Waals surface area contributed by atoms with Crippen LogP contribution in [0.25, 0.3) is 10.8 Å². The van der Waals surface area contributed by atoms with Gasteiger partial charge in [-0.15, -0.1) is 0 Å². The first-order valence-corrected chi connectivity index (χ1v) is 11.2. The summed E-state index contributed by atoms with van der Waals surface area (Å²) in [4.78, 5) is 11.0. The molecule has 2 heterocycles. The van der Waals surface area contributed by atoms with Crippen molar-refractivity contribution in [2.24, 2.45) is 0 Å². The highest BCUT2D eigenvalue weighted by Crippen LogP contribution is 2.39. The van der Waals surface area contributed by atoms with E-state index in [4.69, 9.17) is 9.47 Å². The largest absolute Gasteiger partial charge is 0.493 e. The minimum atomic E-state index is 0.256. The van der Waals surface area contributed by atoms with Crippen molar-refractivity contribution >= 4 is 22.1 Å². The highest BCUT2D eigenvalue weighted by molar-refractivity contribution is 5.95. The minimum absolute atomic E-state index is 0.256. The van der Waals surface area contributed by atoms with Crippen LogP contribution in [0.15, 0.2) is 79.4 Å². The Kier molecular flexibility index (Phi) is 5.88. The SMILES string of the molecule is COc1ccc(N(Cc2ccncc2)c2cncc3ccccc23)cc1OC1CCCC1. The molecule has 1 fully saturated rings. The highest BCUT2D eigenvalue weighted by atomic mass is 16.5. The predicted molar refractivity (Wildman–Crippen MR) is 128 cm³/mol. The van der Waals surface area contributed by atoms with Gasteiger partial charge in [-0.3, -0.25) is 9.97 Å². The quantitative estimate of drug-likeness (QED) is 0.348. The van der Waals surface area contributed by atoms with E-state index in [1.807, 2.05) is 49.1 Å². The third-order valence-corrected chi connectivity index (χ3v) is 6.08. The van der Waals surface area contributed by atoms with Gasteiger partial charge in [-0.25, -0.2) is 0 Å². The van der Waals surface area contributed by atoms with E-state index >= 15 is 0 Å². The molecule has 0 unspecified atom stereocenters. The van der Waals surface area contributed by atoms with E-state index < -0.39 is 0 Å². The van der Waals surface area contributed by atoms with Crippen LogP contribution < -0.4 is 14.4 Å². The van der Waals surface area contributed by atoms with Gasteiger partial charge in [0.15, 0.2) is 11.5 Å². The van der Waals surface area contributed by atoms with Gasteiger partial charge in [-0.05, 0) is 55.5 Å². The van der Waals surface area contributed by atoms with Crippen molar-refractivity contribution in [2.75, 3.05) is 12.0 Å². The fourth-order valence-electron chi connectivity index (χ4n) is 4.41. The van der Waals surface area contributed by atoms with Crippen LogP contribution in [0.2, 0.25) is 0 Å². The molecule has 162 valence electrons. The molecule has 5 heteroatoms. The molecule has 0 aliphatic heterocycles. The number of ether oxygens (including phenoxy) is 2. The summed E-state index contributed by atoms with van der Waals surface area (Å²) in [5, 5.41) is 2.27. The molecular formula is C27H27N3O2. The molecule has 0 N–H and O–H groups in total. The highest BCUT2D eigenvalue weighted by Gasteiger charge is 2.21. The van der Waals surface area contributed by atoms with Gasteiger partial charge in [0.2, 0.25) is 0 Å². The number of nitrogens with zero attached hydrogens (tertiary/aromatic N) is 3. The smallest absolute Gasteiger partial charge is 0.163 e. The van der Waals surface area contributed by atoms with Crippen molar-refractivity contribution in [3.05, 3.63) is 84.9 Å². The van der Waals surface area contributed by atoms with Crippen LogP contribution in [-0.2, 0) is 6.54 Å². The molecule has 5 nitrogen and oxygen atoms in total. The lowest BCUT2D eigenvalue weighted by molar-refractivity contribution is 0.201. The molecule has 1 aliphatic carbocycles. The van der Waals surface area contributed by atoms with Crippen LogP contribution in [0, 0.1) is 0 Å². The summed E-state index contributed by atoms with van der Waals surface area (Å²) in [6.07, 6.45) is 12.4. The van der Waals surface area contributed by atoms with Crippen molar-refractivity contribution in [3.63, 3.8) is 0 Å². The second kappa shape index (κ2) is 9.27. The molecule has 0 spiro atoms. The van der Waals surface area contributed by atoms with Gasteiger partial charge in [0, 0.05) is 47.7 Å². The Labute approximate surface area is 188 Å². The number of rotatable bonds is 7. The summed E-state index contributed by atoms with van der Waals surface area (Å²) in [5.74, 6) is 1.56. The van der Waals surface area contributed by atoms with E-state index in [-0.39, 0.29) is 6.10 Å². The minimum Gasteiger partial charge on any atom is -0.493 e. The number of hydrogen-bond donors (Lipinski definition) is 0. The summed E-state index contributed by atoms with van der Waals surface area (Å²) < 4.78 is 12.0. The van der Waals surface area contributed by atoms with Crippen molar-refractivity contribution in [1.82, 2.24) is 9.97 Å². The molecule has 0 radical (unpaired) electrons. The summed E-state index contributed by atoms with van der Waals surface area (Å²) >= 11 is 0. The van der Waals surface area contributed by atoms with Gasteiger partial charge in [0.25, 0.3) is 0 Å². The topological polar surface area (TPSA) is 47.5 Å². The van der Waals surface area contributed by atoms with Crippen LogP contribution in [0.3, 0.4) is 0 Å². The van der Waals surface area contributed by atoms with Gasteiger partial charge < -0.3 is 14.4 Å². The third kappa shape index (κ3) is 4.24. The Balaban J connectivity index is 1.60. The summed E-state index contributed by atoms with van der Waals surface area (Å²) in [6, 6.07) is 18.6. The Morgan fingerprint density at radius 2 is 1.72 bits per heavy atom. The molecule has 0 saturated heterocycles. The Hall–Kier alpha value is -3.60. The first-order valence-electron chi connectivity index (χ1n) is 11.2. The van der Waals surface area contributed by atoms with E-state index in [2.05, 4.69) is 45.2 Å². The molecule has 32 heavy (non-hydrogen) atoms. The van der Waals surface area contributed by atoms with Gasteiger partial charge in [-0.2, -0.15) is 0 Å². The van der Waals surface area contributed by atoms with Gasteiger partial charge in [0.05, 0.1) is 25.1 Å². The number of hydrogen-bond acceptors (Lipinski definition) is 5. The maximum atomic E-state index is 6.38. The number of fused-ring (bicyclic) bond motifs is 1. The lowest BCUT2D eigenvalue weighted by Crippen LogP contribution is -2.18. The summed E-state index contributed by atoms with van der Waals surface area (Å²) in [6.45, 7) is 0.688. The van der Waals surface area contributed by atoms with Crippen molar-refractivity contribution in [1.29, 1.82) is 0 Å². The zero-order valence-corrected chi connectivity index (χ0v) is 18.3. The monoisotopic (exact) mass is 425 g/mol. The predicted octanol–water partition coefficient (Wildman–Crippen LogP) is 6.30. The molecular weight excluding hydrogens is 398 g/mol. The summed E-state index contributed by atoms with van der Waals surface area (Å²) in [5.41, 5.74) is 3.26.